The van der Waals surface area contributed by atoms with Crippen LogP contribution in [0, 0.1) is 10.1 Å². The summed E-state index contributed by atoms with van der Waals surface area (Å²) in [6, 6.07) is 6.05. The van der Waals surface area contributed by atoms with Gasteiger partial charge in [0.2, 0.25) is 0 Å². The zero-order valence-corrected chi connectivity index (χ0v) is 16.5. The van der Waals surface area contributed by atoms with Crippen LogP contribution in [0.15, 0.2) is 42.2 Å². The second kappa shape index (κ2) is 7.64. The lowest BCUT2D eigenvalue weighted by molar-refractivity contribution is -0.404. The summed E-state index contributed by atoms with van der Waals surface area (Å²) in [5.41, 5.74) is -0.0904. The van der Waals surface area contributed by atoms with Gasteiger partial charge in [0.05, 0.1) is 26.2 Å². The minimum absolute atomic E-state index is 0.132. The molecule has 2 aromatic carbocycles. The predicted octanol–water partition coefficient (Wildman–Crippen LogP) is 6.14. The smallest absolute Gasteiger partial charge is 0.416 e. The molecule has 154 valence electrons. The maximum absolute atomic E-state index is 12.9. The van der Waals surface area contributed by atoms with E-state index in [1.54, 1.807) is 24.9 Å². The average molecular weight is 449 g/mol. The summed E-state index contributed by atoms with van der Waals surface area (Å²) in [7, 11) is 1.65. The van der Waals surface area contributed by atoms with Gasteiger partial charge in [-0.3, -0.25) is 10.1 Å². The third-order valence-electron chi connectivity index (χ3n) is 4.18. The van der Waals surface area contributed by atoms with Gasteiger partial charge in [-0.25, -0.2) is 0 Å². The van der Waals surface area contributed by atoms with E-state index in [4.69, 9.17) is 32.7 Å². The Morgan fingerprint density at radius 2 is 1.86 bits per heavy atom. The highest BCUT2D eigenvalue weighted by atomic mass is 35.5. The highest BCUT2D eigenvalue weighted by Gasteiger charge is 2.33. The lowest BCUT2D eigenvalue weighted by atomic mass is 10.1. The summed E-state index contributed by atoms with van der Waals surface area (Å²) in [5.74, 6) is 0.458. The molecule has 0 fully saturated rings. The number of nitro groups is 1. The molecule has 1 atom stereocenters. The minimum Gasteiger partial charge on any atom is -0.482 e. The predicted molar refractivity (Wildman–Crippen MR) is 102 cm³/mol. The van der Waals surface area contributed by atoms with Crippen molar-refractivity contribution in [2.45, 2.75) is 19.2 Å². The minimum atomic E-state index is -4.60. The van der Waals surface area contributed by atoms with E-state index in [0.717, 1.165) is 18.3 Å². The van der Waals surface area contributed by atoms with Crippen molar-refractivity contribution in [1.29, 1.82) is 0 Å². The first-order valence-corrected chi connectivity index (χ1v) is 8.86. The third-order valence-corrected chi connectivity index (χ3v) is 4.74. The second-order valence-electron chi connectivity index (χ2n) is 6.16. The van der Waals surface area contributed by atoms with Gasteiger partial charge in [-0.05, 0) is 31.2 Å². The van der Waals surface area contributed by atoms with Crippen LogP contribution in [0.5, 0.6) is 17.2 Å². The number of ether oxygens (including phenoxy) is 2. The van der Waals surface area contributed by atoms with Crippen molar-refractivity contribution in [2.24, 2.45) is 0 Å². The molecule has 0 amide bonds. The van der Waals surface area contributed by atoms with Crippen LogP contribution in [0.3, 0.4) is 0 Å². The number of hydrogen-bond donors (Lipinski definition) is 0. The monoisotopic (exact) mass is 448 g/mol. The van der Waals surface area contributed by atoms with Crippen LogP contribution in [-0.4, -0.2) is 18.1 Å². The van der Waals surface area contributed by atoms with Crippen LogP contribution < -0.4 is 14.4 Å². The molecule has 3 rings (SSSR count). The number of hydrogen-bond acceptors (Lipinski definition) is 5. The van der Waals surface area contributed by atoms with Crippen molar-refractivity contribution >= 4 is 28.9 Å². The SMILES string of the molecule is CC1Oc2cc(Oc3c(Cl)cc(C(F)(F)F)cc3Cl)ccc2N(C)/C1=C/[N+](=O)[O-]. The van der Waals surface area contributed by atoms with Gasteiger partial charge in [-0.1, -0.05) is 23.2 Å². The summed E-state index contributed by atoms with van der Waals surface area (Å²) in [4.78, 5) is 11.8. The molecule has 29 heavy (non-hydrogen) atoms. The molecular weight excluding hydrogens is 436 g/mol. The van der Waals surface area contributed by atoms with Crippen LogP contribution in [0.1, 0.15) is 12.5 Å². The van der Waals surface area contributed by atoms with E-state index >= 15 is 0 Å². The maximum atomic E-state index is 12.9. The molecule has 1 heterocycles. The summed E-state index contributed by atoms with van der Waals surface area (Å²) >= 11 is 11.9. The normalized spacial score (nSPS) is 17.7. The first-order chi connectivity index (χ1) is 13.5. The van der Waals surface area contributed by atoms with E-state index in [2.05, 4.69) is 0 Å². The molecule has 1 aliphatic rings. The molecule has 11 heteroatoms. The topological polar surface area (TPSA) is 64.8 Å². The van der Waals surface area contributed by atoms with Gasteiger partial charge in [0, 0.05) is 13.1 Å². The molecule has 0 spiro atoms. The number of halogens is 5. The van der Waals surface area contributed by atoms with Gasteiger partial charge in [0.25, 0.3) is 6.20 Å². The number of fused-ring (bicyclic) bond motifs is 1. The van der Waals surface area contributed by atoms with Crippen molar-refractivity contribution in [3.63, 3.8) is 0 Å². The zero-order chi connectivity index (χ0) is 21.5. The Labute approximate surface area is 173 Å². The Morgan fingerprint density at radius 3 is 2.41 bits per heavy atom. The number of rotatable bonds is 3. The summed E-state index contributed by atoms with van der Waals surface area (Å²) < 4.78 is 49.9. The molecule has 0 radical (unpaired) electrons. The zero-order valence-electron chi connectivity index (χ0n) is 15.0. The average Bonchev–Trinajstić information content (AvgIpc) is 2.60. The van der Waals surface area contributed by atoms with E-state index in [-0.39, 0.29) is 21.5 Å². The van der Waals surface area contributed by atoms with E-state index in [0.29, 0.717) is 17.1 Å². The van der Waals surface area contributed by atoms with Gasteiger partial charge in [0.15, 0.2) is 5.75 Å². The Hall–Kier alpha value is -2.65. The molecule has 2 aromatic rings. The van der Waals surface area contributed by atoms with Gasteiger partial charge in [-0.15, -0.1) is 0 Å². The molecule has 1 aliphatic heterocycles. The molecule has 0 aromatic heterocycles. The lowest BCUT2D eigenvalue weighted by Crippen LogP contribution is -2.34. The van der Waals surface area contributed by atoms with Crippen LogP contribution in [-0.2, 0) is 6.18 Å². The first kappa shape index (κ1) is 21.1. The van der Waals surface area contributed by atoms with Crippen LogP contribution >= 0.6 is 23.2 Å². The van der Waals surface area contributed by atoms with Crippen molar-refractivity contribution in [2.75, 3.05) is 11.9 Å². The fraction of sp³-hybridized carbons (Fsp3) is 0.222. The van der Waals surface area contributed by atoms with Crippen molar-refractivity contribution in [1.82, 2.24) is 0 Å². The molecule has 0 saturated carbocycles. The standard InChI is InChI=1S/C18H13Cl2F3N2O4/c1-9-15(8-25(26)27)24(2)14-4-3-11(7-16(14)28-9)29-17-12(19)5-10(6-13(17)20)18(21,22)23/h3-9H,1-2H3/b15-8+. The van der Waals surface area contributed by atoms with Gasteiger partial charge >= 0.3 is 6.18 Å². The van der Waals surface area contributed by atoms with Crippen LogP contribution in [0.4, 0.5) is 18.9 Å². The molecule has 1 unspecified atom stereocenters. The molecule has 0 saturated heterocycles. The molecule has 0 N–H and O–H groups in total. The Balaban J connectivity index is 1.93. The third kappa shape index (κ3) is 4.35. The fourth-order valence-electron chi connectivity index (χ4n) is 2.83. The largest absolute Gasteiger partial charge is 0.482 e. The highest BCUT2D eigenvalue weighted by molar-refractivity contribution is 6.37. The first-order valence-electron chi connectivity index (χ1n) is 8.11. The number of anilines is 1. The van der Waals surface area contributed by atoms with Crippen LogP contribution in [0.2, 0.25) is 10.0 Å². The summed E-state index contributed by atoms with van der Waals surface area (Å²) in [6.07, 6.45) is -4.34. The van der Waals surface area contributed by atoms with Gasteiger partial charge in [0.1, 0.15) is 23.3 Å². The molecule has 0 aliphatic carbocycles. The Kier molecular flexibility index (Phi) is 5.55. The fourth-order valence-corrected chi connectivity index (χ4v) is 3.39. The van der Waals surface area contributed by atoms with Crippen molar-refractivity contribution in [3.05, 3.63) is 68.0 Å². The Morgan fingerprint density at radius 1 is 1.24 bits per heavy atom. The van der Waals surface area contributed by atoms with E-state index in [9.17, 15) is 23.3 Å². The number of benzene rings is 2. The maximum Gasteiger partial charge on any atom is 0.416 e. The van der Waals surface area contributed by atoms with Crippen molar-refractivity contribution in [3.8, 4) is 17.2 Å². The molecular formula is C18H13Cl2F3N2O4. The van der Waals surface area contributed by atoms with Gasteiger partial charge in [-0.2, -0.15) is 13.2 Å². The van der Waals surface area contributed by atoms with Crippen molar-refractivity contribution < 1.29 is 27.6 Å². The number of alkyl halides is 3. The van der Waals surface area contributed by atoms with Gasteiger partial charge < -0.3 is 14.4 Å². The summed E-state index contributed by atoms with van der Waals surface area (Å²) in [5, 5.41) is 10.2. The summed E-state index contributed by atoms with van der Waals surface area (Å²) in [6.45, 7) is 1.64. The van der Waals surface area contributed by atoms with Crippen LogP contribution in [0.25, 0.3) is 0 Å². The number of likely N-dealkylation sites (N-methyl/N-ethyl adjacent to an activating group) is 1. The van der Waals surface area contributed by atoms with E-state index < -0.39 is 22.8 Å². The highest BCUT2D eigenvalue weighted by Crippen LogP contribution is 2.44. The quantitative estimate of drug-likeness (QED) is 0.416. The lowest BCUT2D eigenvalue weighted by Gasteiger charge is -2.33. The second-order valence-corrected chi connectivity index (χ2v) is 6.97. The molecule has 0 bridgehead atoms. The number of nitrogens with zero attached hydrogens (tertiary/aromatic N) is 2. The van der Waals surface area contributed by atoms with E-state index in [1.165, 1.54) is 12.1 Å². The Bertz CT molecular complexity index is 988. The molecule has 6 nitrogen and oxygen atoms in total. The van der Waals surface area contributed by atoms with E-state index in [1.807, 2.05) is 0 Å².